The predicted molar refractivity (Wildman–Crippen MR) is 91.2 cm³/mol. The van der Waals surface area contributed by atoms with E-state index in [4.69, 9.17) is 0 Å². The molecule has 0 radical (unpaired) electrons. The van der Waals surface area contributed by atoms with E-state index in [1.165, 1.54) is 6.08 Å². The molecule has 0 fully saturated rings. The molecule has 4 bridgehead atoms. The summed E-state index contributed by atoms with van der Waals surface area (Å²) in [6.45, 7) is 0. The summed E-state index contributed by atoms with van der Waals surface area (Å²) in [5.41, 5.74) is -0.282. The van der Waals surface area contributed by atoms with E-state index in [-0.39, 0.29) is 28.9 Å². The van der Waals surface area contributed by atoms with Gasteiger partial charge < -0.3 is 10.2 Å². The Morgan fingerprint density at radius 3 is 1.71 bits per heavy atom. The van der Waals surface area contributed by atoms with Gasteiger partial charge in [-0.3, -0.25) is 0 Å². The number of allylic oxidation sites excluding steroid dienone is 10. The molecule has 2 atom stereocenters. The quantitative estimate of drug-likeness (QED) is 0.762. The van der Waals surface area contributed by atoms with Crippen molar-refractivity contribution < 1.29 is 19.8 Å². The minimum absolute atomic E-state index is 0.0466. The zero-order chi connectivity index (χ0) is 17.1. The van der Waals surface area contributed by atoms with Crippen LogP contribution in [0, 0.1) is 23.7 Å². The predicted octanol–water partition coefficient (Wildman–Crippen LogP) is 3.52. The smallest absolute Gasteiger partial charge is 0.336 e. The van der Waals surface area contributed by atoms with Gasteiger partial charge in [-0.25, -0.2) is 9.59 Å². The number of rotatable bonds is 2. The van der Waals surface area contributed by atoms with E-state index in [1.54, 1.807) is 6.08 Å². The zero-order valence-electron chi connectivity index (χ0n) is 13.2. The largest absolute Gasteiger partial charge is 0.478 e. The number of carboxylic acid groups (broad SMARTS) is 2. The van der Waals surface area contributed by atoms with Crippen molar-refractivity contribution in [2.75, 3.05) is 0 Å². The lowest BCUT2D eigenvalue weighted by Crippen LogP contribution is -2.16. The highest BCUT2D eigenvalue weighted by atomic mass is 16.4. The molecule has 6 aliphatic rings. The van der Waals surface area contributed by atoms with E-state index in [2.05, 4.69) is 18.2 Å². The Bertz CT molecular complexity index is 704. The summed E-state index contributed by atoms with van der Waals surface area (Å²) >= 11 is 0. The van der Waals surface area contributed by atoms with Gasteiger partial charge >= 0.3 is 11.9 Å². The summed E-state index contributed by atoms with van der Waals surface area (Å²) in [7, 11) is 0. The average Bonchev–Trinajstić information content (AvgIpc) is 2.58. The van der Waals surface area contributed by atoms with Crippen molar-refractivity contribution in [2.45, 2.75) is 12.8 Å². The standard InChI is InChI=1S/C20H20O4/c21-19(22)17-11-15-7-3-13(4-8-15)1-2-14-5-9-16(10-6-14)12-18(17)20(23)24/h1-5,7-9,11-16H,6,10H2,(H,21,22)(H,23,24)/b2-1-,17-11?,18-12?. The minimum atomic E-state index is -1.21. The molecule has 0 heterocycles. The molecule has 0 aromatic heterocycles. The molecule has 0 spiro atoms. The SMILES string of the molecule is O=C(O)C1=CC2C=CC(C=C2)/C=C\C2C=CC(C=C1C(=O)O)CC2. The molecule has 4 heteroatoms. The highest BCUT2D eigenvalue weighted by Crippen LogP contribution is 2.29. The fourth-order valence-electron chi connectivity index (χ4n) is 3.27. The van der Waals surface area contributed by atoms with Crippen LogP contribution in [-0.4, -0.2) is 22.2 Å². The Morgan fingerprint density at radius 2 is 1.12 bits per heavy atom. The maximum atomic E-state index is 11.6. The molecule has 0 saturated carbocycles. The van der Waals surface area contributed by atoms with Gasteiger partial charge in [-0.2, -0.15) is 0 Å². The second-order valence-electron chi connectivity index (χ2n) is 6.37. The van der Waals surface area contributed by atoms with Gasteiger partial charge in [0.15, 0.2) is 0 Å². The number of carboxylic acids is 2. The molecule has 0 amide bonds. The van der Waals surface area contributed by atoms with Crippen molar-refractivity contribution >= 4 is 11.9 Å². The summed E-state index contributed by atoms with van der Waals surface area (Å²) in [6, 6.07) is 0. The highest BCUT2D eigenvalue weighted by molar-refractivity contribution is 6.05. The van der Waals surface area contributed by atoms with Crippen molar-refractivity contribution in [3.8, 4) is 0 Å². The normalized spacial score (nSPS) is 32.8. The number of hydrogen-bond donors (Lipinski definition) is 2. The minimum Gasteiger partial charge on any atom is -0.478 e. The monoisotopic (exact) mass is 324 g/mol. The van der Waals surface area contributed by atoms with Crippen molar-refractivity contribution in [3.63, 3.8) is 0 Å². The molecule has 2 N–H and O–H groups in total. The first-order chi connectivity index (χ1) is 11.5. The third-order valence-electron chi connectivity index (χ3n) is 4.62. The topological polar surface area (TPSA) is 74.6 Å². The molecule has 4 nitrogen and oxygen atoms in total. The van der Waals surface area contributed by atoms with E-state index >= 15 is 0 Å². The van der Waals surface area contributed by atoms with E-state index in [9.17, 15) is 19.8 Å². The molecule has 0 aromatic carbocycles. The lowest BCUT2D eigenvalue weighted by Gasteiger charge is -2.21. The molecule has 0 saturated heterocycles. The molecule has 6 rings (SSSR count). The summed E-state index contributed by atoms with van der Waals surface area (Å²) in [5.74, 6) is -2.12. The van der Waals surface area contributed by atoms with Crippen LogP contribution in [0.3, 0.4) is 0 Å². The van der Waals surface area contributed by atoms with Crippen molar-refractivity contribution in [1.82, 2.24) is 0 Å². The summed E-state index contributed by atoms with van der Waals surface area (Å²) < 4.78 is 0. The molecule has 0 aromatic rings. The summed E-state index contributed by atoms with van der Waals surface area (Å²) in [4.78, 5) is 23.3. The second-order valence-corrected chi connectivity index (χ2v) is 6.37. The Morgan fingerprint density at radius 1 is 0.667 bits per heavy atom. The van der Waals surface area contributed by atoms with Crippen LogP contribution in [0.4, 0.5) is 0 Å². The van der Waals surface area contributed by atoms with E-state index in [1.807, 2.05) is 30.4 Å². The second kappa shape index (κ2) is 6.87. The lowest BCUT2D eigenvalue weighted by molar-refractivity contribution is -0.136. The Labute approximate surface area is 140 Å². The van der Waals surface area contributed by atoms with Crippen LogP contribution in [0.1, 0.15) is 12.8 Å². The fraction of sp³-hybridized carbons (Fsp3) is 0.300. The van der Waals surface area contributed by atoms with Crippen LogP contribution in [0.25, 0.3) is 0 Å². The Balaban J connectivity index is 2.10. The Hall–Kier alpha value is -2.62. The van der Waals surface area contributed by atoms with Crippen molar-refractivity contribution in [1.29, 1.82) is 0 Å². The lowest BCUT2D eigenvalue weighted by atomic mass is 9.84. The first-order valence-corrected chi connectivity index (χ1v) is 8.17. The first-order valence-electron chi connectivity index (χ1n) is 8.17. The van der Waals surface area contributed by atoms with Gasteiger partial charge in [0.05, 0.1) is 11.1 Å². The van der Waals surface area contributed by atoms with Crippen LogP contribution in [0.2, 0.25) is 0 Å². The van der Waals surface area contributed by atoms with E-state index in [0.717, 1.165) is 12.8 Å². The molecule has 0 aliphatic heterocycles. The van der Waals surface area contributed by atoms with Crippen LogP contribution in [-0.2, 0) is 9.59 Å². The zero-order valence-corrected chi connectivity index (χ0v) is 13.2. The summed E-state index contributed by atoms with van der Waals surface area (Å²) in [6.07, 6.45) is 21.1. The van der Waals surface area contributed by atoms with Gasteiger partial charge in [0, 0.05) is 11.8 Å². The van der Waals surface area contributed by atoms with Crippen LogP contribution >= 0.6 is 0 Å². The van der Waals surface area contributed by atoms with E-state index in [0.29, 0.717) is 5.92 Å². The molecular formula is C20H20O4. The number of aliphatic carboxylic acids is 2. The molecule has 24 heavy (non-hydrogen) atoms. The van der Waals surface area contributed by atoms with Gasteiger partial charge in [0.1, 0.15) is 0 Å². The average molecular weight is 324 g/mol. The van der Waals surface area contributed by atoms with Gasteiger partial charge in [-0.15, -0.1) is 0 Å². The summed E-state index contributed by atoms with van der Waals surface area (Å²) in [5, 5.41) is 19.0. The van der Waals surface area contributed by atoms with Crippen molar-refractivity contribution in [2.24, 2.45) is 23.7 Å². The van der Waals surface area contributed by atoms with Gasteiger partial charge in [0.2, 0.25) is 0 Å². The number of carbonyl (C=O) groups is 2. The maximum Gasteiger partial charge on any atom is 0.336 e. The van der Waals surface area contributed by atoms with Crippen LogP contribution in [0.15, 0.2) is 71.9 Å². The molecule has 124 valence electrons. The van der Waals surface area contributed by atoms with Gasteiger partial charge in [0.25, 0.3) is 0 Å². The first kappa shape index (κ1) is 16.2. The van der Waals surface area contributed by atoms with Crippen LogP contribution < -0.4 is 0 Å². The molecule has 6 aliphatic carbocycles. The van der Waals surface area contributed by atoms with Gasteiger partial charge in [-0.1, -0.05) is 60.8 Å². The van der Waals surface area contributed by atoms with E-state index < -0.39 is 11.9 Å². The fourth-order valence-corrected chi connectivity index (χ4v) is 3.27. The van der Waals surface area contributed by atoms with Crippen molar-refractivity contribution in [3.05, 3.63) is 71.9 Å². The third kappa shape index (κ3) is 3.65. The molecular weight excluding hydrogens is 304 g/mol. The maximum absolute atomic E-state index is 11.6. The number of hydrogen-bond acceptors (Lipinski definition) is 2. The third-order valence-corrected chi connectivity index (χ3v) is 4.62. The van der Waals surface area contributed by atoms with Gasteiger partial charge in [-0.05, 0) is 24.7 Å². The molecule has 2 unspecified atom stereocenters. The Kier molecular flexibility index (Phi) is 4.65. The highest BCUT2D eigenvalue weighted by Gasteiger charge is 2.24. The van der Waals surface area contributed by atoms with Crippen LogP contribution in [0.5, 0.6) is 0 Å².